The van der Waals surface area contributed by atoms with Gasteiger partial charge in [0.25, 0.3) is 0 Å². The Bertz CT molecular complexity index is 546. The molecule has 1 aliphatic rings. The van der Waals surface area contributed by atoms with Gasteiger partial charge in [0.1, 0.15) is 5.75 Å². The highest BCUT2D eigenvalue weighted by atomic mass is 16.5. The van der Waals surface area contributed by atoms with Crippen LogP contribution in [0.2, 0.25) is 0 Å². The van der Waals surface area contributed by atoms with Crippen LogP contribution in [0.3, 0.4) is 0 Å². The van der Waals surface area contributed by atoms with Gasteiger partial charge in [0.2, 0.25) is 0 Å². The van der Waals surface area contributed by atoms with Crippen LogP contribution in [0.15, 0.2) is 36.5 Å². The summed E-state index contributed by atoms with van der Waals surface area (Å²) in [5.41, 5.74) is 0.911. The first kappa shape index (κ1) is 9.33. The van der Waals surface area contributed by atoms with Crippen LogP contribution in [0.25, 0.3) is 10.9 Å². The lowest BCUT2D eigenvalue weighted by molar-refractivity contribution is -0.135. The van der Waals surface area contributed by atoms with Gasteiger partial charge < -0.3 is 4.74 Å². The number of esters is 1. The zero-order valence-corrected chi connectivity index (χ0v) is 8.72. The van der Waals surface area contributed by atoms with E-state index >= 15 is 0 Å². The van der Waals surface area contributed by atoms with E-state index in [0.717, 1.165) is 23.7 Å². The first-order chi connectivity index (χ1) is 7.83. The van der Waals surface area contributed by atoms with Crippen molar-refractivity contribution in [2.75, 3.05) is 0 Å². The summed E-state index contributed by atoms with van der Waals surface area (Å²) in [4.78, 5) is 15.7. The van der Waals surface area contributed by atoms with E-state index < -0.39 is 0 Å². The molecule has 0 radical (unpaired) electrons. The minimum absolute atomic E-state index is 0.108. The molecule has 0 spiro atoms. The van der Waals surface area contributed by atoms with Gasteiger partial charge in [0, 0.05) is 11.6 Å². The first-order valence-corrected chi connectivity index (χ1v) is 5.39. The molecule has 0 N–H and O–H groups in total. The van der Waals surface area contributed by atoms with Gasteiger partial charge in [-0.2, -0.15) is 0 Å². The van der Waals surface area contributed by atoms with Crippen LogP contribution in [0.5, 0.6) is 5.75 Å². The molecule has 1 aromatic carbocycles. The largest absolute Gasteiger partial charge is 0.426 e. The zero-order valence-electron chi connectivity index (χ0n) is 8.72. The number of pyridine rings is 1. The second-order valence-corrected chi connectivity index (χ2v) is 4.05. The second-order valence-electron chi connectivity index (χ2n) is 4.05. The number of nitrogens with zero attached hydrogens (tertiary/aromatic N) is 1. The van der Waals surface area contributed by atoms with E-state index in [9.17, 15) is 4.79 Å². The number of carbonyl (C=O) groups is 1. The van der Waals surface area contributed by atoms with E-state index in [0.29, 0.717) is 5.75 Å². The van der Waals surface area contributed by atoms with Crippen molar-refractivity contribution in [2.45, 2.75) is 12.8 Å². The van der Waals surface area contributed by atoms with Crippen LogP contribution < -0.4 is 4.74 Å². The van der Waals surface area contributed by atoms with Gasteiger partial charge in [-0.15, -0.1) is 0 Å². The van der Waals surface area contributed by atoms with Crippen LogP contribution in [-0.2, 0) is 4.79 Å². The molecular weight excluding hydrogens is 202 g/mol. The number of ether oxygens (including phenoxy) is 1. The lowest BCUT2D eigenvalue weighted by Crippen LogP contribution is -2.09. The fourth-order valence-electron chi connectivity index (χ4n) is 1.64. The smallest absolute Gasteiger partial charge is 0.314 e. The molecule has 1 heterocycles. The van der Waals surface area contributed by atoms with Gasteiger partial charge in [-0.3, -0.25) is 9.78 Å². The molecule has 0 atom stereocenters. The van der Waals surface area contributed by atoms with Crippen molar-refractivity contribution in [1.29, 1.82) is 0 Å². The quantitative estimate of drug-likeness (QED) is 0.568. The molecule has 3 heteroatoms. The Hall–Kier alpha value is -1.90. The standard InChI is InChI=1S/C13H11NO2/c15-13(9-3-4-9)16-11-5-6-12-10(8-11)2-1-7-14-12/h1-2,5-9H,3-4H2. The van der Waals surface area contributed by atoms with Gasteiger partial charge in [0.15, 0.2) is 0 Å². The van der Waals surface area contributed by atoms with Crippen LogP contribution >= 0.6 is 0 Å². The summed E-state index contributed by atoms with van der Waals surface area (Å²) < 4.78 is 5.28. The molecule has 3 rings (SSSR count). The van der Waals surface area contributed by atoms with E-state index in [-0.39, 0.29) is 11.9 Å². The molecule has 2 aromatic rings. The lowest BCUT2D eigenvalue weighted by atomic mass is 10.2. The van der Waals surface area contributed by atoms with Crippen molar-refractivity contribution in [3.8, 4) is 5.75 Å². The molecule has 0 unspecified atom stereocenters. The Kier molecular flexibility index (Phi) is 2.10. The lowest BCUT2D eigenvalue weighted by Gasteiger charge is -2.04. The second kappa shape index (κ2) is 3.59. The maximum atomic E-state index is 11.5. The molecule has 1 fully saturated rings. The highest BCUT2D eigenvalue weighted by molar-refractivity contribution is 5.82. The number of hydrogen-bond donors (Lipinski definition) is 0. The van der Waals surface area contributed by atoms with Gasteiger partial charge in [-0.05, 0) is 37.1 Å². The van der Waals surface area contributed by atoms with Crippen LogP contribution in [0.4, 0.5) is 0 Å². The molecule has 0 saturated heterocycles. The molecule has 1 saturated carbocycles. The topological polar surface area (TPSA) is 39.2 Å². The van der Waals surface area contributed by atoms with Gasteiger partial charge >= 0.3 is 5.97 Å². The van der Waals surface area contributed by atoms with Crippen molar-refractivity contribution in [1.82, 2.24) is 4.98 Å². The highest BCUT2D eigenvalue weighted by Crippen LogP contribution is 2.31. The number of aromatic nitrogens is 1. The van der Waals surface area contributed by atoms with Crippen molar-refractivity contribution in [3.63, 3.8) is 0 Å². The SMILES string of the molecule is O=C(Oc1ccc2ncccc2c1)C1CC1. The summed E-state index contributed by atoms with van der Waals surface area (Å²) in [5, 5.41) is 0.989. The fourth-order valence-corrected chi connectivity index (χ4v) is 1.64. The molecular formula is C13H11NO2. The minimum Gasteiger partial charge on any atom is -0.426 e. The molecule has 0 bridgehead atoms. The number of rotatable bonds is 2. The Morgan fingerprint density at radius 2 is 2.19 bits per heavy atom. The molecule has 3 nitrogen and oxygen atoms in total. The predicted octanol–water partition coefficient (Wildman–Crippen LogP) is 2.55. The van der Waals surface area contributed by atoms with Crippen molar-refractivity contribution < 1.29 is 9.53 Å². The Morgan fingerprint density at radius 3 is 3.00 bits per heavy atom. The normalized spacial score (nSPS) is 15.0. The number of hydrogen-bond acceptors (Lipinski definition) is 3. The van der Waals surface area contributed by atoms with E-state index in [2.05, 4.69) is 4.98 Å². The number of benzene rings is 1. The summed E-state index contributed by atoms with van der Waals surface area (Å²) in [7, 11) is 0. The highest BCUT2D eigenvalue weighted by Gasteiger charge is 2.31. The summed E-state index contributed by atoms with van der Waals surface area (Å²) in [6, 6.07) is 9.33. The van der Waals surface area contributed by atoms with Gasteiger partial charge in [0.05, 0.1) is 11.4 Å². The molecule has 16 heavy (non-hydrogen) atoms. The van der Waals surface area contributed by atoms with Crippen LogP contribution in [-0.4, -0.2) is 11.0 Å². The Morgan fingerprint density at radius 1 is 1.31 bits per heavy atom. The number of fused-ring (bicyclic) bond motifs is 1. The summed E-state index contributed by atoms with van der Waals surface area (Å²) in [6.07, 6.45) is 3.68. The van der Waals surface area contributed by atoms with Gasteiger partial charge in [-0.25, -0.2) is 0 Å². The molecule has 1 aromatic heterocycles. The first-order valence-electron chi connectivity index (χ1n) is 5.39. The third-order valence-electron chi connectivity index (χ3n) is 2.70. The number of carbonyl (C=O) groups excluding carboxylic acids is 1. The average Bonchev–Trinajstić information content (AvgIpc) is 3.12. The monoisotopic (exact) mass is 213 g/mol. The van der Waals surface area contributed by atoms with E-state index in [1.165, 1.54) is 0 Å². The Balaban J connectivity index is 1.89. The third-order valence-corrected chi connectivity index (χ3v) is 2.70. The predicted molar refractivity (Wildman–Crippen MR) is 60.1 cm³/mol. The summed E-state index contributed by atoms with van der Waals surface area (Å²) in [6.45, 7) is 0. The maximum Gasteiger partial charge on any atom is 0.314 e. The third kappa shape index (κ3) is 1.76. The fraction of sp³-hybridized carbons (Fsp3) is 0.231. The van der Waals surface area contributed by atoms with E-state index in [1.807, 2.05) is 24.3 Å². The molecule has 0 amide bonds. The Labute approximate surface area is 93.1 Å². The van der Waals surface area contributed by atoms with Crippen molar-refractivity contribution >= 4 is 16.9 Å². The van der Waals surface area contributed by atoms with E-state index in [1.54, 1.807) is 12.3 Å². The van der Waals surface area contributed by atoms with Crippen molar-refractivity contribution in [2.24, 2.45) is 5.92 Å². The van der Waals surface area contributed by atoms with Crippen LogP contribution in [0, 0.1) is 5.92 Å². The average molecular weight is 213 g/mol. The molecule has 0 aliphatic heterocycles. The van der Waals surface area contributed by atoms with E-state index in [4.69, 9.17) is 4.74 Å². The molecule has 1 aliphatic carbocycles. The molecule has 80 valence electrons. The zero-order chi connectivity index (χ0) is 11.0. The summed E-state index contributed by atoms with van der Waals surface area (Å²) in [5.74, 6) is 0.630. The minimum atomic E-state index is -0.108. The summed E-state index contributed by atoms with van der Waals surface area (Å²) >= 11 is 0. The van der Waals surface area contributed by atoms with Gasteiger partial charge in [-0.1, -0.05) is 6.07 Å². The maximum absolute atomic E-state index is 11.5. The van der Waals surface area contributed by atoms with Crippen molar-refractivity contribution in [3.05, 3.63) is 36.5 Å². The van der Waals surface area contributed by atoms with Crippen LogP contribution in [0.1, 0.15) is 12.8 Å².